The molecular formula is C10H13N3O3. The van der Waals surface area contributed by atoms with Crippen LogP contribution < -0.4 is 5.32 Å². The molecule has 6 heteroatoms. The molecule has 16 heavy (non-hydrogen) atoms. The van der Waals surface area contributed by atoms with Gasteiger partial charge in [0.25, 0.3) is 0 Å². The fourth-order valence-corrected chi connectivity index (χ4v) is 1.30. The standard InChI is InChI=1S/C10H13N3O3/c1-16-9(14)6-13-5-8(4-11-13)12-10(15)7-2-3-7/h4-5,7H,2-3,6H2,1H3,(H,12,15). The van der Waals surface area contributed by atoms with E-state index >= 15 is 0 Å². The number of nitrogens with one attached hydrogen (secondary N) is 1. The van der Waals surface area contributed by atoms with Gasteiger partial charge in [-0.25, -0.2) is 0 Å². The fourth-order valence-electron chi connectivity index (χ4n) is 1.30. The second-order valence-electron chi connectivity index (χ2n) is 3.77. The molecule has 1 saturated carbocycles. The second kappa shape index (κ2) is 4.34. The van der Waals surface area contributed by atoms with E-state index in [1.165, 1.54) is 18.0 Å². The molecule has 0 aliphatic heterocycles. The van der Waals surface area contributed by atoms with Crippen molar-refractivity contribution in [3.63, 3.8) is 0 Å². The summed E-state index contributed by atoms with van der Waals surface area (Å²) in [5.41, 5.74) is 0.612. The topological polar surface area (TPSA) is 73.2 Å². The van der Waals surface area contributed by atoms with E-state index in [9.17, 15) is 9.59 Å². The van der Waals surface area contributed by atoms with Gasteiger partial charge in [-0.05, 0) is 12.8 Å². The first kappa shape index (κ1) is 10.7. The zero-order valence-corrected chi connectivity index (χ0v) is 8.97. The molecule has 1 heterocycles. The van der Waals surface area contributed by atoms with Gasteiger partial charge in [-0.15, -0.1) is 0 Å². The third kappa shape index (κ3) is 2.59. The summed E-state index contributed by atoms with van der Waals surface area (Å²) in [5, 5.41) is 6.68. The Kier molecular flexibility index (Phi) is 2.89. The summed E-state index contributed by atoms with van der Waals surface area (Å²) in [6.45, 7) is 0.0514. The van der Waals surface area contributed by atoms with Gasteiger partial charge in [-0.1, -0.05) is 0 Å². The number of amides is 1. The molecule has 1 aromatic heterocycles. The van der Waals surface area contributed by atoms with Gasteiger partial charge in [0.2, 0.25) is 5.91 Å². The first-order valence-electron chi connectivity index (χ1n) is 5.09. The van der Waals surface area contributed by atoms with Gasteiger partial charge >= 0.3 is 5.97 Å². The number of hydrogen-bond donors (Lipinski definition) is 1. The lowest BCUT2D eigenvalue weighted by Crippen LogP contribution is -2.13. The van der Waals surface area contributed by atoms with E-state index in [4.69, 9.17) is 0 Å². The fraction of sp³-hybridized carbons (Fsp3) is 0.500. The van der Waals surface area contributed by atoms with Crippen LogP contribution in [0.25, 0.3) is 0 Å². The second-order valence-corrected chi connectivity index (χ2v) is 3.77. The summed E-state index contributed by atoms with van der Waals surface area (Å²) < 4.78 is 5.93. The van der Waals surface area contributed by atoms with Crippen molar-refractivity contribution < 1.29 is 14.3 Å². The minimum Gasteiger partial charge on any atom is -0.468 e. The Hall–Kier alpha value is -1.85. The first-order valence-corrected chi connectivity index (χ1v) is 5.09. The van der Waals surface area contributed by atoms with Crippen molar-refractivity contribution in [3.8, 4) is 0 Å². The number of nitrogens with zero attached hydrogens (tertiary/aromatic N) is 2. The number of methoxy groups -OCH3 is 1. The van der Waals surface area contributed by atoms with Gasteiger partial charge in [0.1, 0.15) is 6.54 Å². The maximum atomic E-state index is 11.4. The molecule has 6 nitrogen and oxygen atoms in total. The number of carbonyl (C=O) groups is 2. The SMILES string of the molecule is COC(=O)Cn1cc(NC(=O)C2CC2)cn1. The summed E-state index contributed by atoms with van der Waals surface area (Å²) in [7, 11) is 1.32. The lowest BCUT2D eigenvalue weighted by molar-refractivity contribution is -0.141. The summed E-state index contributed by atoms with van der Waals surface area (Å²) in [6, 6.07) is 0. The Morgan fingerprint density at radius 1 is 1.62 bits per heavy atom. The number of carbonyl (C=O) groups excluding carboxylic acids is 2. The van der Waals surface area contributed by atoms with Gasteiger partial charge < -0.3 is 10.1 Å². The van der Waals surface area contributed by atoms with Crippen LogP contribution in [0, 0.1) is 5.92 Å². The average molecular weight is 223 g/mol. The molecule has 1 fully saturated rings. The highest BCUT2D eigenvalue weighted by Crippen LogP contribution is 2.30. The van der Waals surface area contributed by atoms with Crippen molar-refractivity contribution in [1.29, 1.82) is 0 Å². The minimum absolute atomic E-state index is 0.0256. The molecule has 1 aliphatic rings. The van der Waals surface area contributed by atoms with E-state index in [0.717, 1.165) is 12.8 Å². The van der Waals surface area contributed by atoms with Gasteiger partial charge in [-0.2, -0.15) is 5.10 Å². The normalized spacial score (nSPS) is 14.6. The molecule has 0 bridgehead atoms. The summed E-state index contributed by atoms with van der Waals surface area (Å²) in [5.74, 6) is -0.190. The molecule has 0 atom stereocenters. The van der Waals surface area contributed by atoms with Gasteiger partial charge in [-0.3, -0.25) is 14.3 Å². The molecule has 1 aliphatic carbocycles. The molecule has 86 valence electrons. The predicted molar refractivity (Wildman–Crippen MR) is 55.6 cm³/mol. The molecule has 0 spiro atoms. The van der Waals surface area contributed by atoms with Crippen molar-refractivity contribution in [2.24, 2.45) is 5.92 Å². The van der Waals surface area contributed by atoms with Gasteiger partial charge in [0.15, 0.2) is 0 Å². The Labute approximate surface area is 92.6 Å². The molecular weight excluding hydrogens is 210 g/mol. The van der Waals surface area contributed by atoms with E-state index in [-0.39, 0.29) is 24.3 Å². The van der Waals surface area contributed by atoms with E-state index in [2.05, 4.69) is 15.2 Å². The highest BCUT2D eigenvalue weighted by molar-refractivity contribution is 5.93. The maximum absolute atomic E-state index is 11.4. The maximum Gasteiger partial charge on any atom is 0.327 e. The summed E-state index contributed by atoms with van der Waals surface area (Å²) >= 11 is 0. The molecule has 0 aromatic carbocycles. The molecule has 1 N–H and O–H groups in total. The van der Waals surface area contributed by atoms with Crippen LogP contribution in [0.4, 0.5) is 5.69 Å². The summed E-state index contributed by atoms with van der Waals surface area (Å²) in [4.78, 5) is 22.4. The Balaban J connectivity index is 1.91. The molecule has 0 saturated heterocycles. The van der Waals surface area contributed by atoms with E-state index < -0.39 is 0 Å². The number of anilines is 1. The molecule has 1 aromatic rings. The van der Waals surface area contributed by atoms with Crippen LogP contribution in [0.1, 0.15) is 12.8 Å². The van der Waals surface area contributed by atoms with E-state index in [1.54, 1.807) is 6.20 Å². The predicted octanol–water partition coefficient (Wildman–Crippen LogP) is 0.405. The van der Waals surface area contributed by atoms with Crippen molar-refractivity contribution in [2.75, 3.05) is 12.4 Å². The van der Waals surface area contributed by atoms with Crippen LogP contribution in [0.5, 0.6) is 0 Å². The third-order valence-electron chi connectivity index (χ3n) is 2.37. The van der Waals surface area contributed by atoms with Crippen LogP contribution in [0.3, 0.4) is 0 Å². The van der Waals surface area contributed by atoms with E-state index in [1.807, 2.05) is 0 Å². The van der Waals surface area contributed by atoms with Crippen LogP contribution in [0.2, 0.25) is 0 Å². The largest absolute Gasteiger partial charge is 0.468 e. The monoisotopic (exact) mass is 223 g/mol. The first-order chi connectivity index (χ1) is 7.69. The van der Waals surface area contributed by atoms with Crippen molar-refractivity contribution >= 4 is 17.6 Å². The number of hydrogen-bond acceptors (Lipinski definition) is 4. The zero-order valence-electron chi connectivity index (χ0n) is 8.97. The number of ether oxygens (including phenoxy) is 1. The molecule has 0 radical (unpaired) electrons. The highest BCUT2D eigenvalue weighted by Gasteiger charge is 2.29. The minimum atomic E-state index is -0.372. The van der Waals surface area contributed by atoms with Gasteiger partial charge in [0.05, 0.1) is 19.0 Å². The Morgan fingerprint density at radius 3 is 3.00 bits per heavy atom. The zero-order chi connectivity index (χ0) is 11.5. The van der Waals surface area contributed by atoms with Crippen LogP contribution in [-0.2, 0) is 20.9 Å². The smallest absolute Gasteiger partial charge is 0.327 e. The molecule has 2 rings (SSSR count). The molecule has 1 amide bonds. The Morgan fingerprint density at radius 2 is 2.38 bits per heavy atom. The van der Waals surface area contributed by atoms with E-state index in [0.29, 0.717) is 5.69 Å². The van der Waals surface area contributed by atoms with Crippen LogP contribution in [0.15, 0.2) is 12.4 Å². The van der Waals surface area contributed by atoms with Crippen LogP contribution >= 0.6 is 0 Å². The van der Waals surface area contributed by atoms with Crippen molar-refractivity contribution in [3.05, 3.63) is 12.4 Å². The number of esters is 1. The average Bonchev–Trinajstić information content (AvgIpc) is 3.03. The van der Waals surface area contributed by atoms with Crippen LogP contribution in [-0.4, -0.2) is 28.8 Å². The van der Waals surface area contributed by atoms with Crippen molar-refractivity contribution in [1.82, 2.24) is 9.78 Å². The molecule has 0 unspecified atom stereocenters. The lowest BCUT2D eigenvalue weighted by atomic mass is 10.4. The lowest BCUT2D eigenvalue weighted by Gasteiger charge is -1.99. The highest BCUT2D eigenvalue weighted by atomic mass is 16.5. The summed E-state index contributed by atoms with van der Waals surface area (Å²) in [6.07, 6.45) is 5.05. The quantitative estimate of drug-likeness (QED) is 0.750. The number of rotatable bonds is 4. The Bertz CT molecular complexity index is 409. The van der Waals surface area contributed by atoms with Crippen molar-refractivity contribution in [2.45, 2.75) is 19.4 Å². The van der Waals surface area contributed by atoms with Gasteiger partial charge in [0, 0.05) is 12.1 Å². The third-order valence-corrected chi connectivity index (χ3v) is 2.37. The number of aromatic nitrogens is 2.